The number of rotatable bonds is 2. The molecule has 1 heterocycles. The fourth-order valence-electron chi connectivity index (χ4n) is 2.28. The monoisotopic (exact) mass is 299 g/mol. The Bertz CT molecular complexity index is 901. The minimum atomic E-state index is -1.72. The molecule has 0 fully saturated rings. The highest BCUT2D eigenvalue weighted by molar-refractivity contribution is 7.85. The lowest BCUT2D eigenvalue weighted by molar-refractivity contribution is 0.463. The van der Waals surface area contributed by atoms with Gasteiger partial charge in [-0.3, -0.25) is 4.79 Å². The molecule has 0 aliphatic rings. The second kappa shape index (κ2) is 5.18. The van der Waals surface area contributed by atoms with Crippen molar-refractivity contribution in [3.8, 4) is 5.75 Å². The highest BCUT2D eigenvalue weighted by Crippen LogP contribution is 2.29. The minimum absolute atomic E-state index is 0.0811. The Morgan fingerprint density at radius 1 is 1.00 bits per heavy atom. The maximum atomic E-state index is 12.6. The van der Waals surface area contributed by atoms with Crippen LogP contribution in [-0.4, -0.2) is 13.9 Å². The number of nitrogens with zero attached hydrogens (tertiary/aromatic N) is 1. The highest BCUT2D eigenvalue weighted by atomic mass is 32.2. The molecule has 0 radical (unpaired) electrons. The summed E-state index contributed by atoms with van der Waals surface area (Å²) in [5.41, 5.74) is 0.155. The third-order valence-corrected chi connectivity index (χ3v) is 4.82. The van der Waals surface area contributed by atoms with E-state index in [0.717, 1.165) is 0 Å². The molecule has 4 nitrogen and oxygen atoms in total. The van der Waals surface area contributed by atoms with Crippen LogP contribution in [0.5, 0.6) is 5.75 Å². The molecule has 1 atom stereocenters. The van der Waals surface area contributed by atoms with Gasteiger partial charge in [-0.1, -0.05) is 30.3 Å². The molecule has 0 bridgehead atoms. The molecular formula is C16H13NO3S. The zero-order valence-electron chi connectivity index (χ0n) is 11.3. The van der Waals surface area contributed by atoms with Gasteiger partial charge in [0.25, 0.3) is 5.56 Å². The molecule has 2 aromatic carbocycles. The standard InChI is InChI=1S/C16H13NO3S/c1-17-13-10-6-5-9-12(13)14(18)15(16(17)19)21(20)11-7-3-2-4-8-11/h2-10,18H,1H3. The first kappa shape index (κ1) is 13.6. The first-order valence-electron chi connectivity index (χ1n) is 6.39. The van der Waals surface area contributed by atoms with E-state index in [1.165, 1.54) is 4.57 Å². The van der Waals surface area contributed by atoms with Crippen molar-refractivity contribution in [3.63, 3.8) is 0 Å². The SMILES string of the molecule is Cn1c(=O)c(S(=O)c2ccccc2)c(O)c2ccccc21. The predicted molar refractivity (Wildman–Crippen MR) is 82.0 cm³/mol. The molecule has 1 aromatic heterocycles. The van der Waals surface area contributed by atoms with Crippen LogP contribution >= 0.6 is 0 Å². The Labute approximate surface area is 123 Å². The lowest BCUT2D eigenvalue weighted by atomic mass is 10.2. The summed E-state index contributed by atoms with van der Waals surface area (Å²) in [4.78, 5) is 12.8. The quantitative estimate of drug-likeness (QED) is 0.790. The third-order valence-electron chi connectivity index (χ3n) is 3.38. The van der Waals surface area contributed by atoms with Crippen molar-refractivity contribution in [1.29, 1.82) is 0 Å². The van der Waals surface area contributed by atoms with E-state index in [2.05, 4.69) is 0 Å². The van der Waals surface area contributed by atoms with E-state index < -0.39 is 16.4 Å². The summed E-state index contributed by atoms with van der Waals surface area (Å²) in [6.45, 7) is 0. The molecule has 106 valence electrons. The number of aromatic nitrogens is 1. The number of hydrogen-bond acceptors (Lipinski definition) is 3. The molecule has 5 heteroatoms. The number of benzene rings is 2. The Balaban J connectivity index is 2.34. The average Bonchev–Trinajstić information content (AvgIpc) is 2.53. The zero-order valence-corrected chi connectivity index (χ0v) is 12.1. The van der Waals surface area contributed by atoms with Crippen molar-refractivity contribution < 1.29 is 9.32 Å². The number of aromatic hydroxyl groups is 1. The zero-order chi connectivity index (χ0) is 15.0. The molecule has 3 rings (SSSR count). The van der Waals surface area contributed by atoms with Crippen molar-refractivity contribution >= 4 is 21.7 Å². The van der Waals surface area contributed by atoms with Gasteiger partial charge in [0, 0.05) is 17.3 Å². The lowest BCUT2D eigenvalue weighted by Crippen LogP contribution is -2.22. The van der Waals surface area contributed by atoms with Gasteiger partial charge in [-0.05, 0) is 24.3 Å². The van der Waals surface area contributed by atoms with Crippen LogP contribution in [0.1, 0.15) is 0 Å². The molecule has 0 aliphatic carbocycles. The van der Waals surface area contributed by atoms with Crippen LogP contribution in [0.2, 0.25) is 0 Å². The molecule has 0 spiro atoms. The smallest absolute Gasteiger partial charge is 0.271 e. The number of para-hydroxylation sites is 1. The number of aryl methyl sites for hydroxylation is 1. The van der Waals surface area contributed by atoms with Crippen molar-refractivity contribution in [1.82, 2.24) is 4.57 Å². The second-order valence-electron chi connectivity index (χ2n) is 4.64. The Morgan fingerprint density at radius 2 is 1.62 bits per heavy atom. The van der Waals surface area contributed by atoms with Gasteiger partial charge in [-0.25, -0.2) is 4.21 Å². The van der Waals surface area contributed by atoms with Crippen LogP contribution in [0.4, 0.5) is 0 Å². The Hall–Kier alpha value is -2.40. The van der Waals surface area contributed by atoms with Crippen molar-refractivity contribution in [2.75, 3.05) is 0 Å². The second-order valence-corrected chi connectivity index (χ2v) is 6.06. The van der Waals surface area contributed by atoms with E-state index in [0.29, 0.717) is 15.8 Å². The summed E-state index contributed by atoms with van der Waals surface area (Å²) in [7, 11) is -0.113. The topological polar surface area (TPSA) is 59.3 Å². The highest BCUT2D eigenvalue weighted by Gasteiger charge is 2.20. The summed E-state index contributed by atoms with van der Waals surface area (Å²) in [6.07, 6.45) is 0. The maximum Gasteiger partial charge on any atom is 0.271 e. The van der Waals surface area contributed by atoms with E-state index >= 15 is 0 Å². The van der Waals surface area contributed by atoms with E-state index in [4.69, 9.17) is 0 Å². The summed E-state index contributed by atoms with van der Waals surface area (Å²) >= 11 is 0. The molecule has 1 unspecified atom stereocenters. The van der Waals surface area contributed by atoms with Crippen LogP contribution in [0.15, 0.2) is 69.2 Å². The van der Waals surface area contributed by atoms with Gasteiger partial charge in [-0.2, -0.15) is 0 Å². The first-order valence-corrected chi connectivity index (χ1v) is 7.53. The van der Waals surface area contributed by atoms with Crippen molar-refractivity contribution in [2.24, 2.45) is 7.05 Å². The first-order chi connectivity index (χ1) is 10.1. The van der Waals surface area contributed by atoms with Gasteiger partial charge in [0.15, 0.2) is 4.90 Å². The van der Waals surface area contributed by atoms with Crippen molar-refractivity contribution in [3.05, 3.63) is 65.0 Å². The van der Waals surface area contributed by atoms with Crippen LogP contribution in [0.25, 0.3) is 10.9 Å². The van der Waals surface area contributed by atoms with Crippen molar-refractivity contribution in [2.45, 2.75) is 9.79 Å². The summed E-state index contributed by atoms with van der Waals surface area (Å²) in [5, 5.41) is 10.9. The average molecular weight is 299 g/mol. The molecule has 3 aromatic rings. The number of pyridine rings is 1. The van der Waals surface area contributed by atoms with E-state index in [9.17, 15) is 14.1 Å². The fraction of sp³-hybridized carbons (Fsp3) is 0.0625. The normalized spacial score (nSPS) is 12.4. The van der Waals surface area contributed by atoms with E-state index in [-0.39, 0.29) is 10.6 Å². The van der Waals surface area contributed by atoms with Crippen LogP contribution in [0.3, 0.4) is 0 Å². The Kier molecular flexibility index (Phi) is 3.35. The maximum absolute atomic E-state index is 12.6. The van der Waals surface area contributed by atoms with Gasteiger partial charge >= 0.3 is 0 Å². The van der Waals surface area contributed by atoms with Crippen LogP contribution in [0, 0.1) is 0 Å². The van der Waals surface area contributed by atoms with E-state index in [1.54, 1.807) is 61.6 Å². The Morgan fingerprint density at radius 3 is 2.33 bits per heavy atom. The third kappa shape index (κ3) is 2.15. The number of hydrogen-bond donors (Lipinski definition) is 1. The summed E-state index contributed by atoms with van der Waals surface area (Å²) < 4.78 is 14.0. The van der Waals surface area contributed by atoms with E-state index in [1.807, 2.05) is 0 Å². The lowest BCUT2D eigenvalue weighted by Gasteiger charge is -2.11. The molecule has 0 amide bonds. The molecule has 0 saturated carbocycles. The van der Waals surface area contributed by atoms with Gasteiger partial charge in [-0.15, -0.1) is 0 Å². The van der Waals surface area contributed by atoms with Gasteiger partial charge < -0.3 is 9.67 Å². The summed E-state index contributed by atoms with van der Waals surface area (Å²) in [6, 6.07) is 15.6. The molecular weight excluding hydrogens is 286 g/mol. The van der Waals surface area contributed by atoms with Gasteiger partial charge in [0.2, 0.25) is 0 Å². The molecule has 21 heavy (non-hydrogen) atoms. The predicted octanol–water partition coefficient (Wildman–Crippen LogP) is 2.41. The van der Waals surface area contributed by atoms with Crippen LogP contribution in [-0.2, 0) is 17.8 Å². The summed E-state index contributed by atoms with van der Waals surface area (Å²) in [5.74, 6) is -0.212. The number of fused-ring (bicyclic) bond motifs is 1. The largest absolute Gasteiger partial charge is 0.506 e. The van der Waals surface area contributed by atoms with Gasteiger partial charge in [0.1, 0.15) is 5.75 Å². The fourth-order valence-corrected chi connectivity index (χ4v) is 3.50. The van der Waals surface area contributed by atoms with Crippen LogP contribution < -0.4 is 5.56 Å². The molecule has 0 aliphatic heterocycles. The minimum Gasteiger partial charge on any atom is -0.506 e. The molecule has 1 N–H and O–H groups in total. The van der Waals surface area contributed by atoms with Gasteiger partial charge in [0.05, 0.1) is 16.3 Å². The molecule has 0 saturated heterocycles.